The van der Waals surface area contributed by atoms with E-state index in [9.17, 15) is 14.7 Å². The second-order valence-electron chi connectivity index (χ2n) is 6.95. The van der Waals surface area contributed by atoms with Crippen LogP contribution in [0.2, 0.25) is 0 Å². The van der Waals surface area contributed by atoms with Gasteiger partial charge in [0.05, 0.1) is 17.5 Å². The van der Waals surface area contributed by atoms with Gasteiger partial charge in [0.25, 0.3) is 0 Å². The van der Waals surface area contributed by atoms with Crippen molar-refractivity contribution in [1.29, 1.82) is 0 Å². The largest absolute Gasteiger partial charge is 0.480 e. The first kappa shape index (κ1) is 20.5. The Morgan fingerprint density at radius 2 is 2.00 bits per heavy atom. The molecule has 0 unspecified atom stereocenters. The van der Waals surface area contributed by atoms with E-state index in [4.69, 9.17) is 4.74 Å². The molecule has 150 valence electrons. The number of aryl methyl sites for hydroxylation is 1. The number of carboxylic acid groups (broad SMARTS) is 1. The number of rotatable bonds is 7. The Hall–Kier alpha value is -2.25. The first-order valence-corrected chi connectivity index (χ1v) is 10.4. The highest BCUT2D eigenvalue weighted by Crippen LogP contribution is 2.38. The number of carbonyl (C=O) groups is 2. The van der Waals surface area contributed by atoms with Crippen LogP contribution < -0.4 is 5.32 Å². The van der Waals surface area contributed by atoms with Crippen molar-refractivity contribution in [2.45, 2.75) is 44.2 Å². The summed E-state index contributed by atoms with van der Waals surface area (Å²) < 4.78 is 7.38. The van der Waals surface area contributed by atoms with Crippen LogP contribution in [0.15, 0.2) is 30.3 Å². The molecule has 2 N–H and O–H groups in total. The summed E-state index contributed by atoms with van der Waals surface area (Å²) in [5, 5.41) is 12.1. The molecule has 0 saturated carbocycles. The lowest BCUT2D eigenvalue weighted by Crippen LogP contribution is -2.21. The van der Waals surface area contributed by atoms with Crippen LogP contribution in [0.5, 0.6) is 0 Å². The van der Waals surface area contributed by atoms with Crippen LogP contribution in [0.4, 0.5) is 0 Å². The quantitative estimate of drug-likeness (QED) is 0.541. The number of benzene rings is 1. The normalized spacial score (nSPS) is 19.0. The van der Waals surface area contributed by atoms with Crippen molar-refractivity contribution in [3.05, 3.63) is 52.8 Å². The molecule has 0 bridgehead atoms. The number of esters is 1. The first-order valence-electron chi connectivity index (χ1n) is 9.50. The molecule has 1 aliphatic rings. The maximum absolute atomic E-state index is 12.1. The molecule has 3 rings (SSSR count). The Kier molecular flexibility index (Phi) is 6.46. The summed E-state index contributed by atoms with van der Waals surface area (Å²) in [6.07, 6.45) is 1.85. The van der Waals surface area contributed by atoms with Crippen LogP contribution in [-0.4, -0.2) is 40.0 Å². The molecule has 0 aliphatic carbocycles. The van der Waals surface area contributed by atoms with E-state index in [1.165, 1.54) is 11.8 Å². The van der Waals surface area contributed by atoms with Crippen molar-refractivity contribution >= 4 is 23.7 Å². The average molecular weight is 403 g/mol. The molecular weight excluding hydrogens is 376 g/mol. The van der Waals surface area contributed by atoms with Crippen LogP contribution in [0.3, 0.4) is 0 Å². The number of carboxylic acids is 1. The zero-order valence-corrected chi connectivity index (χ0v) is 17.2. The van der Waals surface area contributed by atoms with Gasteiger partial charge in [-0.2, -0.15) is 0 Å². The van der Waals surface area contributed by atoms with E-state index in [-0.39, 0.29) is 11.3 Å². The number of aromatic nitrogens is 1. The Labute approximate surface area is 169 Å². The summed E-state index contributed by atoms with van der Waals surface area (Å²) >= 11 is 1.43. The third-order valence-corrected chi connectivity index (χ3v) is 6.30. The highest BCUT2D eigenvalue weighted by atomic mass is 32.2. The fourth-order valence-electron chi connectivity index (χ4n) is 3.39. The zero-order chi connectivity index (χ0) is 20.3. The molecule has 0 spiro atoms. The lowest BCUT2D eigenvalue weighted by molar-refractivity contribution is -0.136. The molecule has 28 heavy (non-hydrogen) atoms. The van der Waals surface area contributed by atoms with Crippen molar-refractivity contribution in [3.8, 4) is 5.69 Å². The molecule has 1 aromatic heterocycles. The minimum atomic E-state index is -0.782. The summed E-state index contributed by atoms with van der Waals surface area (Å²) in [6, 6.07) is 9.48. The van der Waals surface area contributed by atoms with Gasteiger partial charge in [-0.1, -0.05) is 13.3 Å². The fourth-order valence-corrected chi connectivity index (χ4v) is 4.61. The number of nitrogens with one attached hydrogen (secondary N) is 1. The molecule has 0 amide bonds. The van der Waals surface area contributed by atoms with Gasteiger partial charge < -0.3 is 14.4 Å². The first-order chi connectivity index (χ1) is 13.4. The van der Waals surface area contributed by atoms with Gasteiger partial charge in [0.15, 0.2) is 0 Å². The minimum absolute atomic E-state index is 0.0335. The Morgan fingerprint density at radius 3 is 2.61 bits per heavy atom. The predicted octanol–water partition coefficient (Wildman–Crippen LogP) is 3.84. The van der Waals surface area contributed by atoms with Gasteiger partial charge in [0.1, 0.15) is 5.25 Å². The van der Waals surface area contributed by atoms with Crippen LogP contribution in [-0.2, 0) is 9.53 Å². The molecule has 6 nitrogen and oxygen atoms in total. The van der Waals surface area contributed by atoms with Crippen molar-refractivity contribution in [2.24, 2.45) is 0 Å². The SMILES string of the molecule is CCCCOC(=O)c1ccc(-n2c(C)cc([C@@H]3NC[C@H](C(=O)O)S3)c2C)cc1. The summed E-state index contributed by atoms with van der Waals surface area (Å²) in [7, 11) is 0. The number of hydrogen-bond acceptors (Lipinski definition) is 5. The maximum Gasteiger partial charge on any atom is 0.338 e. The number of hydrogen-bond donors (Lipinski definition) is 2. The number of carbonyl (C=O) groups excluding carboxylic acids is 1. The molecule has 7 heteroatoms. The summed E-state index contributed by atoms with van der Waals surface area (Å²) in [5.74, 6) is -1.08. The molecule has 2 atom stereocenters. The summed E-state index contributed by atoms with van der Waals surface area (Å²) in [4.78, 5) is 23.3. The monoisotopic (exact) mass is 402 g/mol. The van der Waals surface area contributed by atoms with E-state index in [1.807, 2.05) is 26.0 Å². The number of aliphatic carboxylic acids is 1. The Balaban J connectivity index is 1.78. The van der Waals surface area contributed by atoms with Crippen molar-refractivity contribution < 1.29 is 19.4 Å². The summed E-state index contributed by atoms with van der Waals surface area (Å²) in [6.45, 7) is 7.02. The van der Waals surface area contributed by atoms with Gasteiger partial charge in [-0.3, -0.25) is 10.1 Å². The smallest absolute Gasteiger partial charge is 0.338 e. The lowest BCUT2D eigenvalue weighted by atomic mass is 10.2. The Morgan fingerprint density at radius 1 is 1.29 bits per heavy atom. The van der Waals surface area contributed by atoms with E-state index >= 15 is 0 Å². The van der Waals surface area contributed by atoms with Crippen LogP contribution in [0, 0.1) is 13.8 Å². The van der Waals surface area contributed by atoms with Crippen molar-refractivity contribution in [3.63, 3.8) is 0 Å². The molecular formula is C21H26N2O4S. The second kappa shape index (κ2) is 8.84. The fraction of sp³-hybridized carbons (Fsp3) is 0.429. The average Bonchev–Trinajstić information content (AvgIpc) is 3.27. The highest BCUT2D eigenvalue weighted by molar-refractivity contribution is 8.01. The van der Waals surface area contributed by atoms with Gasteiger partial charge in [-0.25, -0.2) is 4.79 Å². The summed E-state index contributed by atoms with van der Waals surface area (Å²) in [5.41, 5.74) is 4.72. The molecule has 1 aliphatic heterocycles. The van der Waals surface area contributed by atoms with Crippen molar-refractivity contribution in [2.75, 3.05) is 13.2 Å². The predicted molar refractivity (Wildman–Crippen MR) is 110 cm³/mol. The van der Waals surface area contributed by atoms with Gasteiger partial charge in [0.2, 0.25) is 0 Å². The number of ether oxygens (including phenoxy) is 1. The van der Waals surface area contributed by atoms with E-state index in [0.717, 1.165) is 35.5 Å². The number of thioether (sulfide) groups is 1. The van der Waals surface area contributed by atoms with E-state index in [1.54, 1.807) is 12.1 Å². The second-order valence-corrected chi connectivity index (χ2v) is 8.26. The van der Waals surface area contributed by atoms with Gasteiger partial charge in [-0.05, 0) is 50.6 Å². The molecule has 1 fully saturated rings. The molecule has 1 saturated heterocycles. The molecule has 1 aromatic carbocycles. The minimum Gasteiger partial charge on any atom is -0.480 e. The van der Waals surface area contributed by atoms with Crippen LogP contribution >= 0.6 is 11.8 Å². The van der Waals surface area contributed by atoms with Gasteiger partial charge in [-0.15, -0.1) is 11.8 Å². The molecule has 0 radical (unpaired) electrons. The lowest BCUT2D eigenvalue weighted by Gasteiger charge is -2.13. The van der Waals surface area contributed by atoms with Crippen molar-refractivity contribution in [1.82, 2.24) is 9.88 Å². The number of unbranched alkanes of at least 4 members (excludes halogenated alkanes) is 1. The topological polar surface area (TPSA) is 80.6 Å². The Bertz CT molecular complexity index is 860. The third-order valence-electron chi connectivity index (χ3n) is 4.91. The van der Waals surface area contributed by atoms with Gasteiger partial charge >= 0.3 is 11.9 Å². The van der Waals surface area contributed by atoms with Crippen LogP contribution in [0.25, 0.3) is 5.69 Å². The molecule has 2 heterocycles. The number of nitrogens with zero attached hydrogens (tertiary/aromatic N) is 1. The zero-order valence-electron chi connectivity index (χ0n) is 16.4. The standard InChI is InChI=1S/C21H26N2O4S/c1-4-5-10-27-21(26)15-6-8-16(9-7-15)23-13(2)11-17(14(23)3)19-22-12-18(28-19)20(24)25/h6-9,11,18-19,22H,4-5,10,12H2,1-3H3,(H,24,25)/t18-,19-/m1/s1. The highest BCUT2D eigenvalue weighted by Gasteiger charge is 2.32. The van der Waals surface area contributed by atoms with Gasteiger partial charge in [0, 0.05) is 29.2 Å². The molecule has 2 aromatic rings. The van der Waals surface area contributed by atoms with E-state index in [0.29, 0.717) is 18.7 Å². The van der Waals surface area contributed by atoms with E-state index < -0.39 is 11.2 Å². The van der Waals surface area contributed by atoms with E-state index in [2.05, 4.69) is 22.9 Å². The third kappa shape index (κ3) is 4.25. The maximum atomic E-state index is 12.1. The van der Waals surface area contributed by atoms with Crippen LogP contribution in [0.1, 0.15) is 52.4 Å².